The molecule has 0 radical (unpaired) electrons. The second-order valence-electron chi connectivity index (χ2n) is 4.22. The van der Waals surface area contributed by atoms with Crippen LogP contribution in [0.25, 0.3) is 11.4 Å². The summed E-state index contributed by atoms with van der Waals surface area (Å²) in [4.78, 5) is 0. The molecule has 114 valence electrons. The van der Waals surface area contributed by atoms with Crippen molar-refractivity contribution < 1.29 is 22.3 Å². The van der Waals surface area contributed by atoms with Gasteiger partial charge in [0.1, 0.15) is 12.3 Å². The molecule has 0 spiro atoms. The number of methoxy groups -OCH3 is 1. The van der Waals surface area contributed by atoms with Gasteiger partial charge in [-0.15, -0.1) is 5.10 Å². The molecule has 0 saturated carbocycles. The smallest absolute Gasteiger partial charge is 0.326 e. The van der Waals surface area contributed by atoms with E-state index in [0.29, 0.717) is 16.1 Å². The minimum atomic E-state index is -4.24. The van der Waals surface area contributed by atoms with Crippen LogP contribution in [0.15, 0.2) is 18.2 Å². The third kappa shape index (κ3) is 3.20. The maximum absolute atomic E-state index is 13.1. The lowest BCUT2D eigenvalue weighted by Crippen LogP contribution is -2.32. The highest BCUT2D eigenvalue weighted by Gasteiger charge is 2.42. The number of halogens is 4. The molecule has 0 bridgehead atoms. The molecule has 2 rings (SSSR count). The Labute approximate surface area is 116 Å². The lowest BCUT2D eigenvalue weighted by atomic mass is 10.1. The van der Waals surface area contributed by atoms with E-state index in [4.69, 9.17) is 10.5 Å². The predicted octanol–water partition coefficient (Wildman–Crippen LogP) is 1.83. The van der Waals surface area contributed by atoms with Crippen LogP contribution in [0.2, 0.25) is 0 Å². The van der Waals surface area contributed by atoms with Gasteiger partial charge in [0.2, 0.25) is 0 Å². The fourth-order valence-corrected chi connectivity index (χ4v) is 1.66. The molecule has 0 atom stereocenters. The molecule has 21 heavy (non-hydrogen) atoms. The van der Waals surface area contributed by atoms with Crippen molar-refractivity contribution in [2.45, 2.75) is 18.9 Å². The van der Waals surface area contributed by atoms with E-state index >= 15 is 0 Å². The maximum atomic E-state index is 13.1. The SMILES string of the molecule is COc1cc(N)cc(-c2nnnn2CC(F)(F)C(F)F)c1. The molecule has 0 aliphatic rings. The van der Waals surface area contributed by atoms with E-state index in [9.17, 15) is 17.6 Å². The normalized spacial score (nSPS) is 11.9. The zero-order valence-corrected chi connectivity index (χ0v) is 10.8. The Hall–Kier alpha value is -2.39. The summed E-state index contributed by atoms with van der Waals surface area (Å²) in [6.45, 7) is -1.34. The van der Waals surface area contributed by atoms with Gasteiger partial charge in [0.25, 0.3) is 0 Å². The number of hydrogen-bond acceptors (Lipinski definition) is 5. The second kappa shape index (κ2) is 5.54. The molecule has 1 heterocycles. The number of rotatable bonds is 5. The number of anilines is 1. The zero-order chi connectivity index (χ0) is 15.6. The van der Waals surface area contributed by atoms with E-state index in [1.54, 1.807) is 0 Å². The van der Waals surface area contributed by atoms with Crippen LogP contribution in [0, 0.1) is 0 Å². The first kappa shape index (κ1) is 15.0. The summed E-state index contributed by atoms with van der Waals surface area (Å²) in [7, 11) is 1.40. The Morgan fingerprint density at radius 2 is 2.05 bits per heavy atom. The Balaban J connectivity index is 2.39. The summed E-state index contributed by atoms with van der Waals surface area (Å²) in [6, 6.07) is 4.38. The van der Waals surface area contributed by atoms with Gasteiger partial charge in [0, 0.05) is 17.3 Å². The van der Waals surface area contributed by atoms with Crippen LogP contribution in [-0.4, -0.2) is 39.7 Å². The third-order valence-corrected chi connectivity index (χ3v) is 2.63. The van der Waals surface area contributed by atoms with Crippen LogP contribution in [-0.2, 0) is 6.54 Å². The minimum Gasteiger partial charge on any atom is -0.497 e. The average molecular weight is 305 g/mol. The largest absolute Gasteiger partial charge is 0.497 e. The van der Waals surface area contributed by atoms with Crippen LogP contribution >= 0.6 is 0 Å². The van der Waals surface area contributed by atoms with Crippen molar-refractivity contribution in [2.24, 2.45) is 0 Å². The lowest BCUT2D eigenvalue weighted by molar-refractivity contribution is -0.139. The van der Waals surface area contributed by atoms with Gasteiger partial charge < -0.3 is 10.5 Å². The fourth-order valence-electron chi connectivity index (χ4n) is 1.66. The molecule has 2 aromatic rings. The summed E-state index contributed by atoms with van der Waals surface area (Å²) >= 11 is 0. The van der Waals surface area contributed by atoms with Crippen LogP contribution in [0.3, 0.4) is 0 Å². The fraction of sp³-hybridized carbons (Fsp3) is 0.364. The number of ether oxygens (including phenoxy) is 1. The van der Waals surface area contributed by atoms with Crippen molar-refractivity contribution in [3.05, 3.63) is 18.2 Å². The highest BCUT2D eigenvalue weighted by Crippen LogP contribution is 2.29. The molecule has 0 aliphatic carbocycles. The molecule has 6 nitrogen and oxygen atoms in total. The molecule has 2 N–H and O–H groups in total. The van der Waals surface area contributed by atoms with Crippen LogP contribution in [0.5, 0.6) is 5.75 Å². The monoisotopic (exact) mass is 305 g/mol. The molecular weight excluding hydrogens is 294 g/mol. The van der Waals surface area contributed by atoms with Crippen molar-refractivity contribution in [3.8, 4) is 17.1 Å². The van der Waals surface area contributed by atoms with Crippen LogP contribution in [0.4, 0.5) is 23.2 Å². The number of hydrogen-bond donors (Lipinski definition) is 1. The van der Waals surface area contributed by atoms with Gasteiger partial charge in [0.05, 0.1) is 7.11 Å². The number of nitrogen functional groups attached to an aromatic ring is 1. The van der Waals surface area contributed by atoms with Gasteiger partial charge in [-0.2, -0.15) is 8.78 Å². The first-order valence-corrected chi connectivity index (χ1v) is 5.70. The van der Waals surface area contributed by atoms with E-state index < -0.39 is 18.9 Å². The van der Waals surface area contributed by atoms with Crippen molar-refractivity contribution in [3.63, 3.8) is 0 Å². The Morgan fingerprint density at radius 1 is 1.33 bits per heavy atom. The summed E-state index contributed by atoms with van der Waals surface area (Å²) in [6.07, 6.45) is -3.81. The average Bonchev–Trinajstić information content (AvgIpc) is 2.85. The van der Waals surface area contributed by atoms with Gasteiger partial charge in [0.15, 0.2) is 5.82 Å². The predicted molar refractivity (Wildman–Crippen MR) is 65.2 cm³/mol. The Morgan fingerprint density at radius 3 is 2.67 bits per heavy atom. The number of nitrogens with zero attached hydrogens (tertiary/aromatic N) is 4. The summed E-state index contributed by atoms with van der Waals surface area (Å²) in [5.74, 6) is -3.99. The molecule has 0 unspecified atom stereocenters. The summed E-state index contributed by atoms with van der Waals surface area (Å²) in [5, 5.41) is 10.1. The quantitative estimate of drug-likeness (QED) is 0.673. The number of aromatic nitrogens is 4. The Kier molecular flexibility index (Phi) is 3.96. The third-order valence-electron chi connectivity index (χ3n) is 2.63. The van der Waals surface area contributed by atoms with Gasteiger partial charge >= 0.3 is 12.3 Å². The topological polar surface area (TPSA) is 78.8 Å². The molecule has 0 amide bonds. The number of tetrazole rings is 1. The summed E-state index contributed by atoms with van der Waals surface area (Å²) in [5.41, 5.74) is 6.21. The molecular formula is C11H11F4N5O. The molecule has 0 fully saturated rings. The molecule has 1 aromatic heterocycles. The first-order chi connectivity index (χ1) is 9.83. The van der Waals surface area contributed by atoms with E-state index in [2.05, 4.69) is 15.5 Å². The van der Waals surface area contributed by atoms with Gasteiger partial charge in [-0.3, -0.25) is 0 Å². The van der Waals surface area contributed by atoms with E-state index in [-0.39, 0.29) is 11.4 Å². The van der Waals surface area contributed by atoms with Crippen LogP contribution < -0.4 is 10.5 Å². The lowest BCUT2D eigenvalue weighted by Gasteiger charge is -2.15. The van der Waals surface area contributed by atoms with E-state index in [0.717, 1.165) is 0 Å². The van der Waals surface area contributed by atoms with Crippen molar-refractivity contribution in [1.29, 1.82) is 0 Å². The minimum absolute atomic E-state index is 0.110. The first-order valence-electron chi connectivity index (χ1n) is 5.70. The zero-order valence-electron chi connectivity index (χ0n) is 10.8. The second-order valence-corrected chi connectivity index (χ2v) is 4.22. The highest BCUT2D eigenvalue weighted by atomic mass is 19.3. The number of benzene rings is 1. The van der Waals surface area contributed by atoms with Crippen molar-refractivity contribution >= 4 is 5.69 Å². The Bertz CT molecular complexity index is 631. The van der Waals surface area contributed by atoms with Gasteiger partial charge in [-0.1, -0.05) is 0 Å². The number of nitrogens with two attached hydrogens (primary N) is 1. The van der Waals surface area contributed by atoms with E-state index in [1.807, 2.05) is 0 Å². The van der Waals surface area contributed by atoms with E-state index in [1.165, 1.54) is 25.3 Å². The highest BCUT2D eigenvalue weighted by molar-refractivity contribution is 5.64. The molecule has 1 aromatic carbocycles. The molecule has 0 aliphatic heterocycles. The van der Waals surface area contributed by atoms with Gasteiger partial charge in [-0.05, 0) is 22.6 Å². The standard InChI is InChI=1S/C11H11F4N5O/c1-21-8-3-6(2-7(16)4-8)9-17-18-19-20(9)5-11(14,15)10(12)13/h2-4,10H,5,16H2,1H3. The van der Waals surface area contributed by atoms with Gasteiger partial charge in [-0.25, -0.2) is 13.5 Å². The molecule has 10 heteroatoms. The summed E-state index contributed by atoms with van der Waals surface area (Å²) < 4.78 is 56.3. The van der Waals surface area contributed by atoms with Crippen molar-refractivity contribution in [1.82, 2.24) is 20.2 Å². The van der Waals surface area contributed by atoms with Crippen LogP contribution in [0.1, 0.15) is 0 Å². The maximum Gasteiger partial charge on any atom is 0.326 e. The van der Waals surface area contributed by atoms with Crippen molar-refractivity contribution in [2.75, 3.05) is 12.8 Å². The molecule has 0 saturated heterocycles. The number of alkyl halides is 4.